The Morgan fingerprint density at radius 2 is 1.77 bits per heavy atom. The third-order valence-electron chi connectivity index (χ3n) is 3.45. The lowest BCUT2D eigenvalue weighted by atomic mass is 10.0. The minimum atomic E-state index is -0.239. The highest BCUT2D eigenvalue weighted by Gasteiger charge is 2.10. The summed E-state index contributed by atoms with van der Waals surface area (Å²) >= 11 is 5.90. The van der Waals surface area contributed by atoms with E-state index in [1.807, 2.05) is 48.5 Å². The first-order valence-corrected chi connectivity index (χ1v) is 7.17. The quantitative estimate of drug-likeness (QED) is 0.746. The van der Waals surface area contributed by atoms with Crippen LogP contribution >= 0.6 is 11.6 Å². The smallest absolute Gasteiger partial charge is 0.267 e. The Bertz CT molecular complexity index is 923. The molecular weight excluding hydrogens is 298 g/mol. The third-order valence-corrected chi connectivity index (χ3v) is 3.70. The average Bonchev–Trinajstić information content (AvgIpc) is 2.54. The van der Waals surface area contributed by atoms with Crippen LogP contribution in [0, 0.1) is 11.3 Å². The van der Waals surface area contributed by atoms with Gasteiger partial charge in [-0.05, 0) is 23.8 Å². The zero-order chi connectivity index (χ0) is 15.5. The van der Waals surface area contributed by atoms with E-state index in [1.54, 1.807) is 6.07 Å². The predicted molar refractivity (Wildman–Crippen MR) is 85.9 cm³/mol. The summed E-state index contributed by atoms with van der Waals surface area (Å²) in [5.41, 5.74) is 1.58. The molecule has 0 aliphatic heterocycles. The largest absolute Gasteiger partial charge is 0.275 e. The minimum absolute atomic E-state index is 0.0582. The lowest BCUT2D eigenvalue weighted by molar-refractivity contribution is 0.651. The Morgan fingerprint density at radius 3 is 2.45 bits per heavy atom. The highest BCUT2D eigenvalue weighted by Crippen LogP contribution is 2.18. The second kappa shape index (κ2) is 6.00. The second-order valence-corrected chi connectivity index (χ2v) is 5.35. The van der Waals surface area contributed by atoms with Crippen LogP contribution in [0.25, 0.3) is 10.8 Å². The minimum Gasteiger partial charge on any atom is -0.267 e. The third kappa shape index (κ3) is 2.72. The van der Waals surface area contributed by atoms with Gasteiger partial charge in [-0.1, -0.05) is 41.9 Å². The summed E-state index contributed by atoms with van der Waals surface area (Å²) in [7, 11) is 0. The van der Waals surface area contributed by atoms with Crippen molar-refractivity contribution in [1.82, 2.24) is 9.78 Å². The molecule has 0 aliphatic rings. The molecule has 0 saturated carbocycles. The van der Waals surface area contributed by atoms with Gasteiger partial charge in [0.1, 0.15) is 6.54 Å². The van der Waals surface area contributed by atoms with Crippen molar-refractivity contribution in [2.75, 3.05) is 0 Å². The fraction of sp³-hybridized carbons (Fsp3) is 0.118. The molecule has 0 unspecified atom stereocenters. The van der Waals surface area contributed by atoms with Crippen molar-refractivity contribution in [3.63, 3.8) is 0 Å². The van der Waals surface area contributed by atoms with Gasteiger partial charge in [-0.2, -0.15) is 10.4 Å². The Kier molecular flexibility index (Phi) is 3.90. The topological polar surface area (TPSA) is 58.7 Å². The number of halogens is 1. The fourth-order valence-corrected chi connectivity index (χ4v) is 2.53. The van der Waals surface area contributed by atoms with Gasteiger partial charge < -0.3 is 0 Å². The molecule has 0 spiro atoms. The van der Waals surface area contributed by atoms with E-state index in [0.717, 1.165) is 16.6 Å². The lowest BCUT2D eigenvalue weighted by Gasteiger charge is -2.09. The summed E-state index contributed by atoms with van der Waals surface area (Å²) < 4.78 is 1.22. The maximum atomic E-state index is 12.3. The van der Waals surface area contributed by atoms with Crippen LogP contribution in [-0.4, -0.2) is 9.78 Å². The summed E-state index contributed by atoms with van der Waals surface area (Å²) in [5, 5.41) is 15.3. The summed E-state index contributed by atoms with van der Waals surface area (Å²) in [5.74, 6) is 0. The van der Waals surface area contributed by atoms with Gasteiger partial charge in [0.2, 0.25) is 0 Å². The van der Waals surface area contributed by atoms with Crippen LogP contribution in [0.2, 0.25) is 5.02 Å². The van der Waals surface area contributed by atoms with E-state index in [9.17, 15) is 4.79 Å². The van der Waals surface area contributed by atoms with Gasteiger partial charge in [0, 0.05) is 16.8 Å². The van der Waals surface area contributed by atoms with Crippen LogP contribution in [0.5, 0.6) is 0 Å². The molecule has 0 fully saturated rings. The molecule has 4 nitrogen and oxygen atoms in total. The normalized spacial score (nSPS) is 10.5. The summed E-state index contributed by atoms with van der Waals surface area (Å²) in [6.07, 6.45) is 0.573. The average molecular weight is 310 g/mol. The van der Waals surface area contributed by atoms with Crippen molar-refractivity contribution >= 4 is 22.4 Å². The summed E-state index contributed by atoms with van der Waals surface area (Å²) in [4.78, 5) is 12.3. The van der Waals surface area contributed by atoms with Crippen LogP contribution in [0.1, 0.15) is 11.3 Å². The summed E-state index contributed by atoms with van der Waals surface area (Å²) in [6, 6.07) is 16.8. The molecule has 0 bridgehead atoms. The monoisotopic (exact) mass is 309 g/mol. The van der Waals surface area contributed by atoms with Gasteiger partial charge in [0.25, 0.3) is 5.56 Å². The van der Waals surface area contributed by atoms with E-state index in [0.29, 0.717) is 16.8 Å². The van der Waals surface area contributed by atoms with Crippen molar-refractivity contribution in [3.05, 3.63) is 75.2 Å². The Labute approximate surface area is 132 Å². The molecule has 0 N–H and O–H groups in total. The predicted octanol–water partition coefficient (Wildman–Crippen LogP) is 3.16. The molecule has 0 atom stereocenters. The fourth-order valence-electron chi connectivity index (χ4n) is 2.41. The second-order valence-electron chi connectivity index (χ2n) is 4.92. The van der Waals surface area contributed by atoms with E-state index in [4.69, 9.17) is 16.9 Å². The highest BCUT2D eigenvalue weighted by molar-refractivity contribution is 6.30. The van der Waals surface area contributed by atoms with Crippen molar-refractivity contribution in [2.45, 2.75) is 13.0 Å². The van der Waals surface area contributed by atoms with Crippen LogP contribution in [0.4, 0.5) is 0 Å². The number of nitriles is 1. The Morgan fingerprint density at radius 1 is 1.09 bits per heavy atom. The van der Waals surface area contributed by atoms with Crippen LogP contribution in [0.15, 0.2) is 53.3 Å². The molecule has 3 aromatic rings. The molecule has 0 amide bonds. The standard InChI is InChI=1S/C17H12ClN3O/c18-13-7-5-12(6-8-13)11-16-14-3-1-2-4-15(14)17(22)21(20-16)10-9-19/h1-8H,10-11H2. The van der Waals surface area contributed by atoms with Crippen molar-refractivity contribution < 1.29 is 0 Å². The zero-order valence-electron chi connectivity index (χ0n) is 11.7. The van der Waals surface area contributed by atoms with E-state index >= 15 is 0 Å². The maximum absolute atomic E-state index is 12.3. The number of rotatable bonds is 3. The molecule has 22 heavy (non-hydrogen) atoms. The molecule has 1 heterocycles. The van der Waals surface area contributed by atoms with Gasteiger partial charge in [-0.3, -0.25) is 4.79 Å². The maximum Gasteiger partial charge on any atom is 0.275 e. The van der Waals surface area contributed by atoms with Gasteiger partial charge in [0.05, 0.1) is 17.1 Å². The van der Waals surface area contributed by atoms with Gasteiger partial charge in [-0.25, -0.2) is 4.68 Å². The van der Waals surface area contributed by atoms with E-state index in [-0.39, 0.29) is 12.1 Å². The number of nitrogens with zero attached hydrogens (tertiary/aromatic N) is 3. The van der Waals surface area contributed by atoms with Crippen LogP contribution in [-0.2, 0) is 13.0 Å². The lowest BCUT2D eigenvalue weighted by Crippen LogP contribution is -2.24. The molecule has 5 heteroatoms. The SMILES string of the molecule is N#CCn1nc(Cc2ccc(Cl)cc2)c2ccccc2c1=O. The van der Waals surface area contributed by atoms with Crippen molar-refractivity contribution in [3.8, 4) is 6.07 Å². The zero-order valence-corrected chi connectivity index (χ0v) is 12.4. The van der Waals surface area contributed by atoms with E-state index < -0.39 is 0 Å². The molecule has 2 aromatic carbocycles. The molecular formula is C17H12ClN3O. The number of hydrogen-bond donors (Lipinski definition) is 0. The number of fused-ring (bicyclic) bond motifs is 1. The Balaban J connectivity index is 2.15. The van der Waals surface area contributed by atoms with Crippen molar-refractivity contribution in [2.24, 2.45) is 0 Å². The molecule has 0 saturated heterocycles. The Hall–Kier alpha value is -2.64. The van der Waals surface area contributed by atoms with Crippen molar-refractivity contribution in [1.29, 1.82) is 5.26 Å². The molecule has 3 rings (SSSR count). The van der Waals surface area contributed by atoms with Gasteiger partial charge in [-0.15, -0.1) is 0 Å². The summed E-state index contributed by atoms with van der Waals surface area (Å²) in [6.45, 7) is -0.0582. The highest BCUT2D eigenvalue weighted by atomic mass is 35.5. The first-order valence-electron chi connectivity index (χ1n) is 6.79. The number of benzene rings is 2. The molecule has 108 valence electrons. The first-order chi connectivity index (χ1) is 10.7. The number of hydrogen-bond acceptors (Lipinski definition) is 3. The number of aromatic nitrogens is 2. The van der Waals surface area contributed by atoms with Crippen LogP contribution < -0.4 is 5.56 Å². The van der Waals surface area contributed by atoms with Gasteiger partial charge in [0.15, 0.2) is 0 Å². The molecule has 1 aromatic heterocycles. The molecule has 0 aliphatic carbocycles. The molecule has 0 radical (unpaired) electrons. The van der Waals surface area contributed by atoms with Crippen LogP contribution in [0.3, 0.4) is 0 Å². The van der Waals surface area contributed by atoms with E-state index in [1.165, 1.54) is 4.68 Å². The van der Waals surface area contributed by atoms with E-state index in [2.05, 4.69) is 5.10 Å². The van der Waals surface area contributed by atoms with Gasteiger partial charge >= 0.3 is 0 Å². The first kappa shape index (κ1) is 14.3.